The lowest BCUT2D eigenvalue weighted by Gasteiger charge is -2.41. The van der Waals surface area contributed by atoms with E-state index in [1.807, 2.05) is 0 Å². The highest BCUT2D eigenvalue weighted by molar-refractivity contribution is 5.73. The van der Waals surface area contributed by atoms with Crippen LogP contribution < -0.4 is 0 Å². The van der Waals surface area contributed by atoms with Crippen LogP contribution in [0, 0.1) is 17.8 Å². The molecule has 88 valence electrons. The van der Waals surface area contributed by atoms with Crippen molar-refractivity contribution >= 4 is 5.97 Å². The van der Waals surface area contributed by atoms with Gasteiger partial charge in [-0.05, 0) is 38.0 Å². The third kappa shape index (κ3) is 2.71. The van der Waals surface area contributed by atoms with E-state index in [0.29, 0.717) is 24.7 Å². The second-order valence-electron chi connectivity index (χ2n) is 5.20. The first-order chi connectivity index (χ1) is 6.89. The van der Waals surface area contributed by atoms with Gasteiger partial charge in [0.1, 0.15) is 0 Å². The largest absolute Gasteiger partial charge is 0.469 e. The summed E-state index contributed by atoms with van der Waals surface area (Å²) >= 11 is 0. The molecule has 0 saturated heterocycles. The molecule has 0 spiro atoms. The zero-order valence-electron chi connectivity index (χ0n) is 10.1. The minimum atomic E-state index is -0.871. The topological polar surface area (TPSA) is 46.5 Å². The molecule has 0 aliphatic heterocycles. The lowest BCUT2D eigenvalue weighted by Crippen LogP contribution is -2.46. The Labute approximate surface area is 91.8 Å². The predicted molar refractivity (Wildman–Crippen MR) is 58.3 cm³/mol. The Kier molecular flexibility index (Phi) is 3.77. The summed E-state index contributed by atoms with van der Waals surface area (Å²) in [6.45, 7) is 6.02. The summed E-state index contributed by atoms with van der Waals surface area (Å²) in [5.41, 5.74) is -0.871. The Balaban J connectivity index is 2.76. The van der Waals surface area contributed by atoms with E-state index >= 15 is 0 Å². The first-order valence-electron chi connectivity index (χ1n) is 5.69. The van der Waals surface area contributed by atoms with Crippen molar-refractivity contribution in [3.05, 3.63) is 0 Å². The molecule has 0 amide bonds. The molecule has 3 unspecified atom stereocenters. The normalized spacial score (nSPS) is 38.5. The van der Waals surface area contributed by atoms with Gasteiger partial charge < -0.3 is 9.84 Å². The average Bonchev–Trinajstić information content (AvgIpc) is 2.13. The molecule has 1 rings (SSSR count). The van der Waals surface area contributed by atoms with Crippen molar-refractivity contribution in [1.29, 1.82) is 0 Å². The van der Waals surface area contributed by atoms with E-state index in [-0.39, 0.29) is 5.97 Å². The first kappa shape index (κ1) is 12.5. The molecule has 0 aromatic carbocycles. The van der Waals surface area contributed by atoms with Crippen LogP contribution in [0.25, 0.3) is 0 Å². The maximum absolute atomic E-state index is 11.4. The zero-order chi connectivity index (χ0) is 11.6. The van der Waals surface area contributed by atoms with Gasteiger partial charge in [-0.2, -0.15) is 0 Å². The van der Waals surface area contributed by atoms with Crippen LogP contribution in [0.4, 0.5) is 0 Å². The van der Waals surface area contributed by atoms with Crippen LogP contribution in [0.5, 0.6) is 0 Å². The fourth-order valence-electron chi connectivity index (χ4n) is 2.89. The zero-order valence-corrected chi connectivity index (χ0v) is 10.1. The highest BCUT2D eigenvalue weighted by atomic mass is 16.5. The van der Waals surface area contributed by atoms with Crippen LogP contribution in [-0.4, -0.2) is 23.8 Å². The van der Waals surface area contributed by atoms with Crippen molar-refractivity contribution < 1.29 is 14.6 Å². The standard InChI is InChI=1S/C12H22O3/c1-8-5-9(2)7-12(14,6-8)10(3)11(13)15-4/h8-10,14H,5-7H2,1-4H3. The van der Waals surface area contributed by atoms with Gasteiger partial charge in [-0.25, -0.2) is 0 Å². The molecule has 3 atom stereocenters. The molecule has 3 heteroatoms. The van der Waals surface area contributed by atoms with E-state index in [2.05, 4.69) is 13.8 Å². The quantitative estimate of drug-likeness (QED) is 0.715. The number of carbonyl (C=O) groups is 1. The minimum absolute atomic E-state index is 0.307. The molecule has 1 fully saturated rings. The molecule has 1 N–H and O–H groups in total. The monoisotopic (exact) mass is 214 g/mol. The van der Waals surface area contributed by atoms with Gasteiger partial charge in [-0.3, -0.25) is 4.79 Å². The first-order valence-corrected chi connectivity index (χ1v) is 5.69. The van der Waals surface area contributed by atoms with Gasteiger partial charge in [0.15, 0.2) is 0 Å². The third-order valence-electron chi connectivity index (χ3n) is 3.57. The summed E-state index contributed by atoms with van der Waals surface area (Å²) in [7, 11) is 1.37. The van der Waals surface area contributed by atoms with Crippen molar-refractivity contribution in [1.82, 2.24) is 0 Å². The number of carbonyl (C=O) groups excluding carboxylic acids is 1. The van der Waals surface area contributed by atoms with Crippen LogP contribution in [0.1, 0.15) is 40.0 Å². The van der Waals surface area contributed by atoms with E-state index in [1.54, 1.807) is 6.92 Å². The van der Waals surface area contributed by atoms with Gasteiger partial charge in [0.2, 0.25) is 0 Å². The molecule has 1 aliphatic rings. The van der Waals surface area contributed by atoms with Crippen molar-refractivity contribution in [3.63, 3.8) is 0 Å². The lowest BCUT2D eigenvalue weighted by atomic mass is 9.68. The van der Waals surface area contributed by atoms with E-state index in [0.717, 1.165) is 6.42 Å². The van der Waals surface area contributed by atoms with Gasteiger partial charge in [0, 0.05) is 0 Å². The summed E-state index contributed by atoms with van der Waals surface area (Å²) in [4.78, 5) is 11.4. The molecule has 0 radical (unpaired) electrons. The Hall–Kier alpha value is -0.570. The van der Waals surface area contributed by atoms with Gasteiger partial charge in [0.25, 0.3) is 0 Å². The van der Waals surface area contributed by atoms with Crippen LogP contribution in [0.15, 0.2) is 0 Å². The molecular formula is C12H22O3. The Morgan fingerprint density at radius 1 is 1.40 bits per heavy atom. The number of methoxy groups -OCH3 is 1. The van der Waals surface area contributed by atoms with Crippen LogP contribution in [0.2, 0.25) is 0 Å². The fraction of sp³-hybridized carbons (Fsp3) is 0.917. The second-order valence-corrected chi connectivity index (χ2v) is 5.20. The predicted octanol–water partition coefficient (Wildman–Crippen LogP) is 1.98. The highest BCUT2D eigenvalue weighted by Crippen LogP contribution is 2.40. The molecule has 0 bridgehead atoms. The number of hydrogen-bond donors (Lipinski definition) is 1. The molecule has 0 aromatic rings. The van der Waals surface area contributed by atoms with E-state index in [9.17, 15) is 9.90 Å². The van der Waals surface area contributed by atoms with Crippen molar-refractivity contribution in [2.45, 2.75) is 45.6 Å². The molecule has 1 saturated carbocycles. The number of ether oxygens (including phenoxy) is 1. The highest BCUT2D eigenvalue weighted by Gasteiger charge is 2.43. The maximum atomic E-state index is 11.4. The van der Waals surface area contributed by atoms with E-state index in [4.69, 9.17) is 4.74 Å². The number of hydrogen-bond acceptors (Lipinski definition) is 3. The second kappa shape index (κ2) is 4.52. The summed E-state index contributed by atoms with van der Waals surface area (Å²) < 4.78 is 4.70. The van der Waals surface area contributed by atoms with Gasteiger partial charge >= 0.3 is 5.97 Å². The van der Waals surface area contributed by atoms with Crippen molar-refractivity contribution in [2.75, 3.05) is 7.11 Å². The minimum Gasteiger partial charge on any atom is -0.469 e. The Morgan fingerprint density at radius 2 is 1.87 bits per heavy atom. The number of rotatable bonds is 2. The Bertz CT molecular complexity index is 227. The molecule has 1 aliphatic carbocycles. The Morgan fingerprint density at radius 3 is 2.27 bits per heavy atom. The van der Waals surface area contributed by atoms with E-state index in [1.165, 1.54) is 7.11 Å². The summed E-state index contributed by atoms with van der Waals surface area (Å²) in [5, 5.41) is 10.5. The van der Waals surface area contributed by atoms with Crippen LogP contribution in [-0.2, 0) is 9.53 Å². The van der Waals surface area contributed by atoms with Crippen molar-refractivity contribution in [3.8, 4) is 0 Å². The fourth-order valence-corrected chi connectivity index (χ4v) is 2.89. The number of esters is 1. The maximum Gasteiger partial charge on any atom is 0.311 e. The van der Waals surface area contributed by atoms with Crippen LogP contribution in [0.3, 0.4) is 0 Å². The van der Waals surface area contributed by atoms with Gasteiger partial charge in [-0.15, -0.1) is 0 Å². The molecule has 3 nitrogen and oxygen atoms in total. The van der Waals surface area contributed by atoms with Crippen LogP contribution >= 0.6 is 0 Å². The molecule has 0 heterocycles. The molecule has 15 heavy (non-hydrogen) atoms. The SMILES string of the molecule is COC(=O)C(C)C1(O)CC(C)CC(C)C1. The van der Waals surface area contributed by atoms with E-state index < -0.39 is 11.5 Å². The average molecular weight is 214 g/mol. The third-order valence-corrected chi connectivity index (χ3v) is 3.57. The van der Waals surface area contributed by atoms with Gasteiger partial charge in [0.05, 0.1) is 18.6 Å². The molecule has 0 aromatic heterocycles. The van der Waals surface area contributed by atoms with Crippen molar-refractivity contribution in [2.24, 2.45) is 17.8 Å². The lowest BCUT2D eigenvalue weighted by molar-refractivity contribution is -0.159. The summed E-state index contributed by atoms with van der Waals surface area (Å²) in [5.74, 6) is 0.225. The number of aliphatic hydroxyl groups is 1. The molecular weight excluding hydrogens is 192 g/mol. The smallest absolute Gasteiger partial charge is 0.311 e. The summed E-state index contributed by atoms with van der Waals surface area (Å²) in [6, 6.07) is 0. The summed E-state index contributed by atoms with van der Waals surface area (Å²) in [6.07, 6.45) is 2.54. The van der Waals surface area contributed by atoms with Gasteiger partial charge in [-0.1, -0.05) is 13.8 Å².